The molecule has 1 amide bonds. The van der Waals surface area contributed by atoms with E-state index in [1.54, 1.807) is 12.1 Å². The number of halogens is 1. The Balaban J connectivity index is 2.01. The van der Waals surface area contributed by atoms with E-state index in [9.17, 15) is 4.79 Å². The van der Waals surface area contributed by atoms with Crippen LogP contribution in [0.25, 0.3) is 10.9 Å². The zero-order chi connectivity index (χ0) is 14.1. The lowest BCUT2D eigenvalue weighted by Gasteiger charge is -2.09. The van der Waals surface area contributed by atoms with Gasteiger partial charge in [-0.25, -0.2) is 0 Å². The number of carbonyl (C=O) groups excluding carboxylic acids is 1. The molecule has 0 saturated heterocycles. The highest BCUT2D eigenvalue weighted by molar-refractivity contribution is 6.34. The molecular formula is C16H13ClN2O. The van der Waals surface area contributed by atoms with Gasteiger partial charge in [0.05, 0.1) is 21.8 Å². The normalized spacial score (nSPS) is 10.7. The molecule has 3 rings (SSSR count). The average molecular weight is 285 g/mol. The van der Waals surface area contributed by atoms with E-state index in [0.717, 1.165) is 10.9 Å². The van der Waals surface area contributed by atoms with Gasteiger partial charge in [0, 0.05) is 18.6 Å². The molecule has 20 heavy (non-hydrogen) atoms. The molecule has 3 aromatic rings. The molecule has 0 aliphatic heterocycles. The number of nitrogens with zero attached hydrogens (tertiary/aromatic N) is 1. The van der Waals surface area contributed by atoms with Gasteiger partial charge >= 0.3 is 0 Å². The van der Waals surface area contributed by atoms with Crippen LogP contribution in [0.15, 0.2) is 54.7 Å². The minimum absolute atomic E-state index is 0.162. The van der Waals surface area contributed by atoms with E-state index in [1.807, 2.05) is 54.2 Å². The molecule has 3 nitrogen and oxygen atoms in total. The lowest BCUT2D eigenvalue weighted by atomic mass is 10.1. The van der Waals surface area contributed by atoms with Crippen molar-refractivity contribution in [1.82, 2.24) is 4.57 Å². The molecule has 0 atom stereocenters. The van der Waals surface area contributed by atoms with Crippen molar-refractivity contribution in [3.8, 4) is 0 Å². The van der Waals surface area contributed by atoms with Crippen LogP contribution >= 0.6 is 11.6 Å². The summed E-state index contributed by atoms with van der Waals surface area (Å²) in [6.45, 7) is 0. The van der Waals surface area contributed by atoms with Crippen LogP contribution in [0.5, 0.6) is 0 Å². The Morgan fingerprint density at radius 1 is 1.10 bits per heavy atom. The summed E-state index contributed by atoms with van der Waals surface area (Å²) >= 11 is 6.06. The van der Waals surface area contributed by atoms with Gasteiger partial charge in [0.25, 0.3) is 5.91 Å². The Labute approximate surface area is 121 Å². The monoisotopic (exact) mass is 284 g/mol. The molecule has 1 aromatic heterocycles. The largest absolute Gasteiger partial charge is 0.350 e. The number of fused-ring (bicyclic) bond motifs is 1. The second kappa shape index (κ2) is 5.02. The summed E-state index contributed by atoms with van der Waals surface area (Å²) < 4.78 is 1.94. The third-order valence-electron chi connectivity index (χ3n) is 3.26. The van der Waals surface area contributed by atoms with Crippen LogP contribution in [0.3, 0.4) is 0 Å². The van der Waals surface area contributed by atoms with Gasteiger partial charge in [-0.3, -0.25) is 4.79 Å². The van der Waals surface area contributed by atoms with E-state index in [2.05, 4.69) is 5.32 Å². The molecular weight excluding hydrogens is 272 g/mol. The quantitative estimate of drug-likeness (QED) is 0.756. The maximum Gasteiger partial charge on any atom is 0.257 e. The van der Waals surface area contributed by atoms with Gasteiger partial charge in [0.15, 0.2) is 0 Å². The fourth-order valence-corrected chi connectivity index (χ4v) is 2.47. The van der Waals surface area contributed by atoms with Crippen LogP contribution in [-0.2, 0) is 7.05 Å². The van der Waals surface area contributed by atoms with Crippen LogP contribution in [0.1, 0.15) is 10.4 Å². The number of aryl methyl sites for hydroxylation is 1. The number of para-hydroxylation sites is 2. The van der Waals surface area contributed by atoms with Crippen LogP contribution in [0.4, 0.5) is 5.69 Å². The zero-order valence-corrected chi connectivity index (χ0v) is 11.7. The number of hydrogen-bond donors (Lipinski definition) is 1. The van der Waals surface area contributed by atoms with Crippen molar-refractivity contribution >= 4 is 34.1 Å². The highest BCUT2D eigenvalue weighted by Gasteiger charge is 2.13. The number of hydrogen-bond acceptors (Lipinski definition) is 1. The Morgan fingerprint density at radius 3 is 2.70 bits per heavy atom. The summed E-state index contributed by atoms with van der Waals surface area (Å²) in [5.41, 5.74) is 2.16. The van der Waals surface area contributed by atoms with Crippen molar-refractivity contribution in [3.05, 3.63) is 65.3 Å². The predicted molar refractivity (Wildman–Crippen MR) is 82.3 cm³/mol. The van der Waals surface area contributed by atoms with Crippen molar-refractivity contribution < 1.29 is 4.79 Å². The molecule has 1 heterocycles. The lowest BCUT2D eigenvalue weighted by Crippen LogP contribution is -2.13. The molecule has 100 valence electrons. The summed E-state index contributed by atoms with van der Waals surface area (Å²) in [4.78, 5) is 12.4. The van der Waals surface area contributed by atoms with Crippen molar-refractivity contribution in [2.75, 3.05) is 5.32 Å². The number of amides is 1. The molecule has 0 saturated carbocycles. The minimum Gasteiger partial charge on any atom is -0.350 e. The third kappa shape index (κ3) is 2.17. The van der Waals surface area contributed by atoms with Crippen LogP contribution in [0.2, 0.25) is 5.02 Å². The summed E-state index contributed by atoms with van der Waals surface area (Å²) in [7, 11) is 1.93. The molecule has 0 aliphatic rings. The fourth-order valence-electron chi connectivity index (χ4n) is 2.29. The summed E-state index contributed by atoms with van der Waals surface area (Å²) in [5, 5.41) is 4.42. The Bertz CT molecular complexity index is 792. The number of nitrogens with one attached hydrogen (secondary N) is 1. The van der Waals surface area contributed by atoms with Gasteiger partial charge < -0.3 is 9.88 Å². The van der Waals surface area contributed by atoms with E-state index in [4.69, 9.17) is 11.6 Å². The second-order valence-electron chi connectivity index (χ2n) is 4.60. The van der Waals surface area contributed by atoms with Gasteiger partial charge in [-0.1, -0.05) is 35.9 Å². The molecule has 0 fully saturated rings. The van der Waals surface area contributed by atoms with Gasteiger partial charge in [0.2, 0.25) is 0 Å². The van der Waals surface area contributed by atoms with Crippen LogP contribution < -0.4 is 5.32 Å². The summed E-state index contributed by atoms with van der Waals surface area (Å²) in [5.74, 6) is -0.162. The Morgan fingerprint density at radius 2 is 1.90 bits per heavy atom. The first-order chi connectivity index (χ1) is 9.66. The van der Waals surface area contributed by atoms with Gasteiger partial charge in [-0.15, -0.1) is 0 Å². The fraction of sp³-hybridized carbons (Fsp3) is 0.0625. The first-order valence-corrected chi connectivity index (χ1v) is 6.64. The topological polar surface area (TPSA) is 34.0 Å². The van der Waals surface area contributed by atoms with Crippen molar-refractivity contribution in [2.24, 2.45) is 7.05 Å². The van der Waals surface area contributed by atoms with Gasteiger partial charge in [-0.05, 0) is 24.3 Å². The number of anilines is 1. The summed E-state index contributed by atoms with van der Waals surface area (Å²) in [6, 6.07) is 14.9. The number of rotatable bonds is 2. The van der Waals surface area contributed by atoms with Gasteiger partial charge in [0.1, 0.15) is 0 Å². The van der Waals surface area contributed by atoms with E-state index in [0.29, 0.717) is 16.3 Å². The molecule has 4 heteroatoms. The number of benzene rings is 2. The van der Waals surface area contributed by atoms with Crippen LogP contribution in [-0.4, -0.2) is 10.5 Å². The first-order valence-electron chi connectivity index (χ1n) is 6.27. The molecule has 0 bridgehead atoms. The molecule has 2 aromatic carbocycles. The van der Waals surface area contributed by atoms with Crippen molar-refractivity contribution in [2.45, 2.75) is 0 Å². The predicted octanol–water partition coefficient (Wildman–Crippen LogP) is 4.08. The average Bonchev–Trinajstić information content (AvgIpc) is 2.83. The third-order valence-corrected chi connectivity index (χ3v) is 3.59. The van der Waals surface area contributed by atoms with E-state index < -0.39 is 0 Å². The standard InChI is InChI=1S/C16H13ClN2O/c1-19-10-9-11-5-4-6-12(15(11)19)16(20)18-14-8-3-2-7-13(14)17/h2-10H,1H3,(H,18,20). The van der Waals surface area contributed by atoms with E-state index >= 15 is 0 Å². The van der Waals surface area contributed by atoms with E-state index in [1.165, 1.54) is 0 Å². The first kappa shape index (κ1) is 12.8. The zero-order valence-electron chi connectivity index (χ0n) is 10.9. The second-order valence-corrected chi connectivity index (χ2v) is 5.01. The lowest BCUT2D eigenvalue weighted by molar-refractivity contribution is 0.102. The molecule has 0 aliphatic carbocycles. The molecule has 0 radical (unpaired) electrons. The van der Waals surface area contributed by atoms with E-state index in [-0.39, 0.29) is 5.91 Å². The maximum atomic E-state index is 12.4. The smallest absolute Gasteiger partial charge is 0.257 e. The SMILES string of the molecule is Cn1ccc2cccc(C(=O)Nc3ccccc3Cl)c21. The highest BCUT2D eigenvalue weighted by Crippen LogP contribution is 2.24. The minimum atomic E-state index is -0.162. The highest BCUT2D eigenvalue weighted by atomic mass is 35.5. The molecule has 0 spiro atoms. The maximum absolute atomic E-state index is 12.4. The van der Waals surface area contributed by atoms with Crippen molar-refractivity contribution in [3.63, 3.8) is 0 Å². The molecule has 0 unspecified atom stereocenters. The molecule has 1 N–H and O–H groups in total. The Hall–Kier alpha value is -2.26. The summed E-state index contributed by atoms with van der Waals surface area (Å²) in [6.07, 6.45) is 1.94. The Kier molecular flexibility index (Phi) is 3.20. The van der Waals surface area contributed by atoms with Crippen LogP contribution in [0, 0.1) is 0 Å². The van der Waals surface area contributed by atoms with Crippen molar-refractivity contribution in [1.29, 1.82) is 0 Å². The number of aromatic nitrogens is 1. The van der Waals surface area contributed by atoms with Gasteiger partial charge in [-0.2, -0.15) is 0 Å². The number of carbonyl (C=O) groups is 1.